The van der Waals surface area contributed by atoms with Crippen LogP contribution in [0, 0.1) is 0 Å². The molecule has 1 saturated heterocycles. The lowest BCUT2D eigenvalue weighted by Gasteiger charge is -2.35. The van der Waals surface area contributed by atoms with Gasteiger partial charge in [-0.15, -0.1) is 11.8 Å². The first kappa shape index (κ1) is 12.1. The van der Waals surface area contributed by atoms with Gasteiger partial charge in [0.1, 0.15) is 0 Å². The Morgan fingerprint density at radius 1 is 1.44 bits per heavy atom. The van der Waals surface area contributed by atoms with E-state index in [-0.39, 0.29) is 5.92 Å². The van der Waals surface area contributed by atoms with Gasteiger partial charge in [0.15, 0.2) is 0 Å². The third-order valence-electron chi connectivity index (χ3n) is 3.78. The number of benzene rings is 1. The van der Waals surface area contributed by atoms with Gasteiger partial charge in [-0.25, -0.2) is 0 Å². The number of hydrogen-bond donors (Lipinski definition) is 1. The molecule has 2 aliphatic heterocycles. The zero-order valence-electron chi connectivity index (χ0n) is 10.6. The molecule has 3 rings (SSSR count). The number of fused-ring (bicyclic) bond motifs is 1. The van der Waals surface area contributed by atoms with Crippen LogP contribution in [0.1, 0.15) is 18.4 Å². The van der Waals surface area contributed by atoms with Crippen molar-refractivity contribution >= 4 is 17.7 Å². The summed E-state index contributed by atoms with van der Waals surface area (Å²) in [5.74, 6) is 1.27. The van der Waals surface area contributed by atoms with E-state index in [1.54, 1.807) is 11.8 Å². The number of hydrogen-bond acceptors (Lipinski definition) is 3. The quantitative estimate of drug-likeness (QED) is 0.836. The molecule has 96 valence electrons. The van der Waals surface area contributed by atoms with E-state index in [2.05, 4.69) is 24.4 Å². The molecule has 0 aromatic heterocycles. The fraction of sp³-hybridized carbons (Fsp3) is 0.500. The van der Waals surface area contributed by atoms with E-state index in [0.29, 0.717) is 11.9 Å². The van der Waals surface area contributed by atoms with E-state index in [1.807, 2.05) is 17.0 Å². The number of rotatable bonds is 1. The minimum Gasteiger partial charge on any atom is -0.337 e. The second kappa shape index (κ2) is 4.94. The third-order valence-corrected chi connectivity index (χ3v) is 4.97. The van der Waals surface area contributed by atoms with Gasteiger partial charge in [0.2, 0.25) is 5.91 Å². The first-order valence-electron chi connectivity index (χ1n) is 6.50. The van der Waals surface area contributed by atoms with E-state index < -0.39 is 0 Å². The average molecular weight is 262 g/mol. The molecule has 2 heterocycles. The molecule has 0 saturated carbocycles. The van der Waals surface area contributed by atoms with Gasteiger partial charge in [-0.2, -0.15) is 0 Å². The number of amides is 1. The normalized spacial score (nSPS) is 27.1. The highest BCUT2D eigenvalue weighted by atomic mass is 32.2. The van der Waals surface area contributed by atoms with Crippen molar-refractivity contribution in [3.8, 4) is 0 Å². The minimum absolute atomic E-state index is 0.0618. The number of carbonyl (C=O) groups is 1. The van der Waals surface area contributed by atoms with Crippen LogP contribution in [0.3, 0.4) is 0 Å². The van der Waals surface area contributed by atoms with E-state index in [0.717, 1.165) is 25.4 Å². The lowest BCUT2D eigenvalue weighted by Crippen LogP contribution is -2.53. The highest BCUT2D eigenvalue weighted by Gasteiger charge is 2.34. The highest BCUT2D eigenvalue weighted by Crippen LogP contribution is 2.40. The number of nitrogens with zero attached hydrogens (tertiary/aromatic N) is 1. The predicted molar refractivity (Wildman–Crippen MR) is 74.0 cm³/mol. The zero-order valence-corrected chi connectivity index (χ0v) is 11.4. The summed E-state index contributed by atoms with van der Waals surface area (Å²) in [5.41, 5.74) is 1.22. The first-order valence-corrected chi connectivity index (χ1v) is 7.49. The molecule has 2 aliphatic rings. The molecule has 3 nitrogen and oxygen atoms in total. The molecule has 18 heavy (non-hydrogen) atoms. The van der Waals surface area contributed by atoms with Gasteiger partial charge in [0.05, 0.1) is 5.92 Å². The number of carbonyl (C=O) groups excluding carboxylic acids is 1. The Kier molecular flexibility index (Phi) is 3.31. The van der Waals surface area contributed by atoms with Crippen LogP contribution in [0.5, 0.6) is 0 Å². The van der Waals surface area contributed by atoms with E-state index in [4.69, 9.17) is 0 Å². The summed E-state index contributed by atoms with van der Waals surface area (Å²) < 4.78 is 0. The fourth-order valence-electron chi connectivity index (χ4n) is 2.74. The van der Waals surface area contributed by atoms with Gasteiger partial charge in [0, 0.05) is 36.3 Å². The molecule has 0 radical (unpaired) electrons. The Morgan fingerprint density at radius 2 is 2.28 bits per heavy atom. The third kappa shape index (κ3) is 2.04. The maximum absolute atomic E-state index is 12.7. The molecular formula is C14H18N2OS. The molecule has 4 heteroatoms. The van der Waals surface area contributed by atoms with Crippen LogP contribution < -0.4 is 5.32 Å². The van der Waals surface area contributed by atoms with Crippen molar-refractivity contribution in [3.63, 3.8) is 0 Å². The molecule has 1 aromatic rings. The largest absolute Gasteiger partial charge is 0.337 e. The zero-order chi connectivity index (χ0) is 12.5. The van der Waals surface area contributed by atoms with Crippen LogP contribution >= 0.6 is 11.8 Å². The molecule has 1 fully saturated rings. The minimum atomic E-state index is 0.0618. The average Bonchev–Trinajstić information content (AvgIpc) is 2.82. The second-order valence-corrected chi connectivity index (χ2v) is 6.05. The monoisotopic (exact) mass is 262 g/mol. The van der Waals surface area contributed by atoms with Crippen molar-refractivity contribution in [2.24, 2.45) is 0 Å². The fourth-order valence-corrected chi connectivity index (χ4v) is 3.96. The van der Waals surface area contributed by atoms with Gasteiger partial charge in [-0.1, -0.05) is 18.2 Å². The van der Waals surface area contributed by atoms with Crippen molar-refractivity contribution in [1.82, 2.24) is 10.2 Å². The Hall–Kier alpha value is -1.00. The maximum Gasteiger partial charge on any atom is 0.231 e. The van der Waals surface area contributed by atoms with Gasteiger partial charge in [-0.05, 0) is 18.6 Å². The van der Waals surface area contributed by atoms with Crippen molar-refractivity contribution in [2.45, 2.75) is 23.8 Å². The summed E-state index contributed by atoms with van der Waals surface area (Å²) in [4.78, 5) is 16.0. The predicted octanol–water partition coefficient (Wildman–Crippen LogP) is 1.70. The van der Waals surface area contributed by atoms with Gasteiger partial charge >= 0.3 is 0 Å². The van der Waals surface area contributed by atoms with Crippen molar-refractivity contribution in [2.75, 3.05) is 25.4 Å². The van der Waals surface area contributed by atoms with Crippen LogP contribution in [0.25, 0.3) is 0 Å². The molecule has 2 atom stereocenters. The molecule has 0 aliphatic carbocycles. The molecule has 0 bridgehead atoms. The summed E-state index contributed by atoms with van der Waals surface area (Å²) in [6.45, 7) is 4.78. The number of nitrogens with one attached hydrogen (secondary N) is 1. The summed E-state index contributed by atoms with van der Waals surface area (Å²) in [6, 6.07) is 8.61. The molecule has 1 amide bonds. The van der Waals surface area contributed by atoms with E-state index in [9.17, 15) is 4.79 Å². The highest BCUT2D eigenvalue weighted by molar-refractivity contribution is 7.99. The van der Waals surface area contributed by atoms with Crippen LogP contribution in [0.2, 0.25) is 0 Å². The Morgan fingerprint density at radius 3 is 3.11 bits per heavy atom. The summed E-state index contributed by atoms with van der Waals surface area (Å²) in [7, 11) is 0. The van der Waals surface area contributed by atoms with E-state index in [1.165, 1.54) is 10.5 Å². The van der Waals surface area contributed by atoms with Crippen LogP contribution in [0.15, 0.2) is 29.2 Å². The van der Waals surface area contributed by atoms with Gasteiger partial charge < -0.3 is 10.2 Å². The van der Waals surface area contributed by atoms with Crippen molar-refractivity contribution in [1.29, 1.82) is 0 Å². The molecule has 0 spiro atoms. The maximum atomic E-state index is 12.7. The van der Waals surface area contributed by atoms with Crippen molar-refractivity contribution < 1.29 is 4.79 Å². The molecule has 1 N–H and O–H groups in total. The lowest BCUT2D eigenvalue weighted by molar-refractivity contribution is -0.135. The SMILES string of the molecule is C[C@H]1CNCCN1C(=O)[C@@H]1CSc2ccccc21. The second-order valence-electron chi connectivity index (χ2n) is 4.99. The van der Waals surface area contributed by atoms with E-state index >= 15 is 0 Å². The first-order chi connectivity index (χ1) is 8.77. The molecule has 0 unspecified atom stereocenters. The number of piperazine rings is 1. The number of thioether (sulfide) groups is 1. The smallest absolute Gasteiger partial charge is 0.231 e. The summed E-state index contributed by atoms with van der Waals surface area (Å²) in [5, 5.41) is 3.33. The summed E-state index contributed by atoms with van der Waals surface area (Å²) in [6.07, 6.45) is 0. The van der Waals surface area contributed by atoms with Crippen LogP contribution in [-0.4, -0.2) is 42.2 Å². The standard InChI is InChI=1S/C14H18N2OS/c1-10-8-15-6-7-16(10)14(17)12-9-18-13-5-3-2-4-11(12)13/h2-5,10,12,15H,6-9H2,1H3/t10-,12+/m0/s1. The molecular weight excluding hydrogens is 244 g/mol. The Bertz CT molecular complexity index is 463. The van der Waals surface area contributed by atoms with Crippen LogP contribution in [0.4, 0.5) is 0 Å². The topological polar surface area (TPSA) is 32.3 Å². The lowest BCUT2D eigenvalue weighted by atomic mass is 9.98. The Balaban J connectivity index is 1.82. The van der Waals surface area contributed by atoms with Gasteiger partial charge in [0.25, 0.3) is 0 Å². The summed E-state index contributed by atoms with van der Waals surface area (Å²) >= 11 is 1.81. The van der Waals surface area contributed by atoms with Crippen molar-refractivity contribution in [3.05, 3.63) is 29.8 Å². The van der Waals surface area contributed by atoms with Gasteiger partial charge in [-0.3, -0.25) is 4.79 Å². The molecule has 1 aromatic carbocycles. The Labute approximate surface area is 112 Å². The van der Waals surface area contributed by atoms with Crippen LogP contribution in [-0.2, 0) is 4.79 Å².